The van der Waals surface area contributed by atoms with Crippen LogP contribution < -0.4 is 4.74 Å². The summed E-state index contributed by atoms with van der Waals surface area (Å²) < 4.78 is 5.96. The van der Waals surface area contributed by atoms with E-state index in [2.05, 4.69) is 9.97 Å². The maximum Gasteiger partial charge on any atom is 0.227 e. The summed E-state index contributed by atoms with van der Waals surface area (Å²) in [5.74, 6) is 0.736. The lowest BCUT2D eigenvalue weighted by atomic mass is 10.1. The average molecular weight is 341 g/mol. The zero-order valence-corrected chi connectivity index (χ0v) is 14.3. The van der Waals surface area contributed by atoms with Gasteiger partial charge in [0.15, 0.2) is 0 Å². The number of aromatic nitrogens is 2. The molecule has 0 bridgehead atoms. The molecule has 1 amide bonds. The standard InChI is InChI=1S/C19H23N3O3/c1-14-17(5-3-9-21-14)25-18-7-11-22(10-6-16(18)23)19(24)12-15-4-2-8-20-13-15/h2-5,8-9,13,16,18,23H,6-7,10-12H2,1H3/t16-,18-/m0/s1. The Bertz CT molecular complexity index is 708. The van der Waals surface area contributed by atoms with E-state index in [4.69, 9.17) is 4.74 Å². The van der Waals surface area contributed by atoms with Gasteiger partial charge < -0.3 is 14.7 Å². The van der Waals surface area contributed by atoms with Gasteiger partial charge in [-0.25, -0.2) is 0 Å². The second kappa shape index (κ2) is 8.07. The highest BCUT2D eigenvalue weighted by Crippen LogP contribution is 2.22. The second-order valence-corrected chi connectivity index (χ2v) is 6.31. The summed E-state index contributed by atoms with van der Waals surface area (Å²) in [6, 6.07) is 7.39. The first-order valence-corrected chi connectivity index (χ1v) is 8.56. The maximum absolute atomic E-state index is 12.5. The van der Waals surface area contributed by atoms with Gasteiger partial charge >= 0.3 is 0 Å². The van der Waals surface area contributed by atoms with Crippen LogP contribution in [0, 0.1) is 6.92 Å². The minimum absolute atomic E-state index is 0.0541. The largest absolute Gasteiger partial charge is 0.486 e. The SMILES string of the molecule is Cc1ncccc1O[C@H]1CCN(C(=O)Cc2cccnc2)CC[C@@H]1O. The molecule has 1 aliphatic rings. The molecule has 0 spiro atoms. The Balaban J connectivity index is 1.60. The Morgan fingerprint density at radius 1 is 1.28 bits per heavy atom. The summed E-state index contributed by atoms with van der Waals surface area (Å²) in [6.45, 7) is 2.98. The molecule has 2 aromatic heterocycles. The van der Waals surface area contributed by atoms with E-state index in [1.165, 1.54) is 0 Å². The molecule has 0 unspecified atom stereocenters. The van der Waals surface area contributed by atoms with Crippen LogP contribution in [0.1, 0.15) is 24.1 Å². The average Bonchev–Trinajstić information content (AvgIpc) is 2.80. The molecule has 2 atom stereocenters. The highest BCUT2D eigenvalue weighted by Gasteiger charge is 2.28. The summed E-state index contributed by atoms with van der Waals surface area (Å²) >= 11 is 0. The molecular formula is C19H23N3O3. The van der Waals surface area contributed by atoms with Gasteiger partial charge in [-0.15, -0.1) is 0 Å². The number of aryl methyl sites for hydroxylation is 1. The molecule has 1 aliphatic heterocycles. The van der Waals surface area contributed by atoms with Crippen LogP contribution in [0.5, 0.6) is 5.75 Å². The first-order chi connectivity index (χ1) is 12.1. The Morgan fingerprint density at radius 2 is 2.08 bits per heavy atom. The fourth-order valence-electron chi connectivity index (χ4n) is 2.99. The van der Waals surface area contributed by atoms with Gasteiger partial charge in [-0.05, 0) is 37.1 Å². The van der Waals surface area contributed by atoms with Crippen LogP contribution >= 0.6 is 0 Å². The fourth-order valence-corrected chi connectivity index (χ4v) is 2.99. The molecule has 1 N–H and O–H groups in total. The molecule has 6 nitrogen and oxygen atoms in total. The Kier molecular flexibility index (Phi) is 5.60. The number of aliphatic hydroxyl groups is 1. The lowest BCUT2D eigenvalue weighted by Gasteiger charge is -2.22. The first-order valence-electron chi connectivity index (χ1n) is 8.56. The van der Waals surface area contributed by atoms with Crippen molar-refractivity contribution < 1.29 is 14.6 Å². The van der Waals surface area contributed by atoms with Crippen LogP contribution in [0.15, 0.2) is 42.9 Å². The zero-order chi connectivity index (χ0) is 17.6. The second-order valence-electron chi connectivity index (χ2n) is 6.31. The number of aliphatic hydroxyl groups excluding tert-OH is 1. The van der Waals surface area contributed by atoms with Gasteiger partial charge in [0.05, 0.1) is 18.2 Å². The summed E-state index contributed by atoms with van der Waals surface area (Å²) in [7, 11) is 0. The Hall–Kier alpha value is -2.47. The number of hydrogen-bond acceptors (Lipinski definition) is 5. The molecule has 0 saturated carbocycles. The number of carbonyl (C=O) groups is 1. The van der Waals surface area contributed by atoms with Gasteiger partial charge in [-0.3, -0.25) is 14.8 Å². The van der Waals surface area contributed by atoms with Crippen molar-refractivity contribution in [3.8, 4) is 5.75 Å². The van der Waals surface area contributed by atoms with Crippen molar-refractivity contribution in [2.45, 2.75) is 38.4 Å². The van der Waals surface area contributed by atoms with Gasteiger partial charge in [0.2, 0.25) is 5.91 Å². The fraction of sp³-hybridized carbons (Fsp3) is 0.421. The van der Waals surface area contributed by atoms with Crippen molar-refractivity contribution in [2.75, 3.05) is 13.1 Å². The van der Waals surface area contributed by atoms with E-state index in [0.29, 0.717) is 38.1 Å². The van der Waals surface area contributed by atoms with Crippen molar-refractivity contribution >= 4 is 5.91 Å². The first kappa shape index (κ1) is 17.4. The third-order valence-corrected chi connectivity index (χ3v) is 4.48. The van der Waals surface area contributed by atoms with E-state index < -0.39 is 6.10 Å². The predicted molar refractivity (Wildman–Crippen MR) is 93.2 cm³/mol. The quantitative estimate of drug-likeness (QED) is 0.917. The van der Waals surface area contributed by atoms with Gasteiger partial charge in [-0.2, -0.15) is 0 Å². The minimum atomic E-state index is -0.601. The number of carbonyl (C=O) groups excluding carboxylic acids is 1. The number of rotatable bonds is 4. The summed E-state index contributed by atoms with van der Waals surface area (Å²) in [5.41, 5.74) is 1.69. The van der Waals surface area contributed by atoms with Crippen molar-refractivity contribution in [2.24, 2.45) is 0 Å². The number of nitrogens with zero attached hydrogens (tertiary/aromatic N) is 3. The topological polar surface area (TPSA) is 75.5 Å². The third-order valence-electron chi connectivity index (χ3n) is 4.48. The molecule has 3 rings (SSSR count). The van der Waals surface area contributed by atoms with Crippen LogP contribution in [0.4, 0.5) is 0 Å². The molecule has 3 heterocycles. The number of ether oxygens (including phenoxy) is 1. The van der Waals surface area contributed by atoms with Crippen LogP contribution in [-0.4, -0.2) is 51.2 Å². The Labute approximate surface area is 147 Å². The van der Waals surface area contributed by atoms with Crippen LogP contribution in [-0.2, 0) is 11.2 Å². The van der Waals surface area contributed by atoms with Crippen molar-refractivity contribution in [1.82, 2.24) is 14.9 Å². The molecule has 1 fully saturated rings. The molecule has 1 saturated heterocycles. The van der Waals surface area contributed by atoms with E-state index in [1.807, 2.05) is 31.2 Å². The van der Waals surface area contributed by atoms with E-state index >= 15 is 0 Å². The molecule has 6 heteroatoms. The van der Waals surface area contributed by atoms with Gasteiger partial charge in [-0.1, -0.05) is 6.07 Å². The lowest BCUT2D eigenvalue weighted by Crippen LogP contribution is -2.33. The van der Waals surface area contributed by atoms with Crippen LogP contribution in [0.2, 0.25) is 0 Å². The van der Waals surface area contributed by atoms with Crippen molar-refractivity contribution in [3.05, 3.63) is 54.1 Å². The summed E-state index contributed by atoms with van der Waals surface area (Å²) in [5, 5.41) is 10.4. The highest BCUT2D eigenvalue weighted by molar-refractivity contribution is 5.78. The molecule has 2 aromatic rings. The van der Waals surface area contributed by atoms with Crippen LogP contribution in [0.3, 0.4) is 0 Å². The molecule has 132 valence electrons. The zero-order valence-electron chi connectivity index (χ0n) is 14.3. The van der Waals surface area contributed by atoms with E-state index in [9.17, 15) is 9.90 Å². The number of pyridine rings is 2. The molecule has 0 aromatic carbocycles. The number of likely N-dealkylation sites (tertiary alicyclic amines) is 1. The van der Waals surface area contributed by atoms with Gasteiger partial charge in [0, 0.05) is 38.1 Å². The third kappa shape index (κ3) is 4.54. The lowest BCUT2D eigenvalue weighted by molar-refractivity contribution is -0.130. The van der Waals surface area contributed by atoms with Crippen LogP contribution in [0.25, 0.3) is 0 Å². The van der Waals surface area contributed by atoms with Crippen molar-refractivity contribution in [3.63, 3.8) is 0 Å². The molecular weight excluding hydrogens is 318 g/mol. The predicted octanol–water partition coefficient (Wildman–Crippen LogP) is 1.76. The Morgan fingerprint density at radius 3 is 2.84 bits per heavy atom. The molecule has 25 heavy (non-hydrogen) atoms. The number of hydrogen-bond donors (Lipinski definition) is 1. The maximum atomic E-state index is 12.5. The van der Waals surface area contributed by atoms with Gasteiger partial charge in [0.25, 0.3) is 0 Å². The van der Waals surface area contributed by atoms with E-state index in [0.717, 1.165) is 11.3 Å². The summed E-state index contributed by atoms with van der Waals surface area (Å²) in [4.78, 5) is 22.6. The number of amides is 1. The summed E-state index contributed by atoms with van der Waals surface area (Å²) in [6.07, 6.45) is 5.61. The van der Waals surface area contributed by atoms with Gasteiger partial charge in [0.1, 0.15) is 11.9 Å². The van der Waals surface area contributed by atoms with Crippen molar-refractivity contribution in [1.29, 1.82) is 0 Å². The molecule has 0 radical (unpaired) electrons. The molecule has 0 aliphatic carbocycles. The van der Waals surface area contributed by atoms with E-state index in [-0.39, 0.29) is 12.0 Å². The normalized spacial score (nSPS) is 20.8. The monoisotopic (exact) mass is 341 g/mol. The van der Waals surface area contributed by atoms with E-state index in [1.54, 1.807) is 23.5 Å². The highest BCUT2D eigenvalue weighted by atomic mass is 16.5. The minimum Gasteiger partial charge on any atom is -0.486 e. The smallest absolute Gasteiger partial charge is 0.227 e.